The SMILES string of the molecule is C#CCNCCSc1nncn1C. The van der Waals surface area contributed by atoms with Gasteiger partial charge in [0.2, 0.25) is 0 Å². The molecule has 0 spiro atoms. The van der Waals surface area contributed by atoms with Crippen molar-refractivity contribution in [2.75, 3.05) is 18.8 Å². The first kappa shape index (κ1) is 10.1. The second-order valence-electron chi connectivity index (χ2n) is 2.45. The van der Waals surface area contributed by atoms with Crippen LogP contribution in [0.15, 0.2) is 11.5 Å². The van der Waals surface area contributed by atoms with Gasteiger partial charge in [0, 0.05) is 19.3 Å². The highest BCUT2D eigenvalue weighted by molar-refractivity contribution is 7.99. The van der Waals surface area contributed by atoms with E-state index in [1.165, 1.54) is 0 Å². The lowest BCUT2D eigenvalue weighted by Crippen LogP contribution is -2.17. The third-order valence-electron chi connectivity index (χ3n) is 1.41. The highest BCUT2D eigenvalue weighted by Crippen LogP contribution is 2.11. The van der Waals surface area contributed by atoms with Gasteiger partial charge in [-0.3, -0.25) is 0 Å². The molecule has 5 heteroatoms. The predicted octanol–water partition coefficient (Wildman–Crippen LogP) is 0.130. The molecule has 0 aromatic carbocycles. The van der Waals surface area contributed by atoms with Gasteiger partial charge in [0.15, 0.2) is 5.16 Å². The maximum Gasteiger partial charge on any atom is 0.190 e. The molecule has 0 aliphatic carbocycles. The van der Waals surface area contributed by atoms with Gasteiger partial charge < -0.3 is 9.88 Å². The molecule has 0 unspecified atom stereocenters. The van der Waals surface area contributed by atoms with E-state index < -0.39 is 0 Å². The standard InChI is InChI=1S/C8H12N4S/c1-3-4-9-5-6-13-8-11-10-7-12(8)2/h1,7,9H,4-6H2,2H3. The van der Waals surface area contributed by atoms with Gasteiger partial charge >= 0.3 is 0 Å². The molecule has 0 radical (unpaired) electrons. The number of nitrogens with zero attached hydrogens (tertiary/aromatic N) is 3. The largest absolute Gasteiger partial charge is 0.312 e. The minimum Gasteiger partial charge on any atom is -0.312 e. The van der Waals surface area contributed by atoms with Crippen molar-refractivity contribution < 1.29 is 0 Å². The first-order chi connectivity index (χ1) is 6.34. The zero-order valence-corrected chi connectivity index (χ0v) is 8.34. The molecule has 1 aromatic heterocycles. The molecule has 4 nitrogen and oxygen atoms in total. The van der Waals surface area contributed by atoms with Crippen molar-refractivity contribution in [3.8, 4) is 12.3 Å². The summed E-state index contributed by atoms with van der Waals surface area (Å²) in [5, 5.41) is 11.8. The van der Waals surface area contributed by atoms with Crippen LogP contribution in [0, 0.1) is 12.3 Å². The maximum absolute atomic E-state index is 5.08. The van der Waals surface area contributed by atoms with E-state index in [4.69, 9.17) is 6.42 Å². The molecule has 13 heavy (non-hydrogen) atoms. The summed E-state index contributed by atoms with van der Waals surface area (Å²) >= 11 is 1.66. The number of hydrogen-bond donors (Lipinski definition) is 1. The Morgan fingerprint density at radius 2 is 2.62 bits per heavy atom. The molecule has 0 fully saturated rings. The van der Waals surface area contributed by atoms with Gasteiger partial charge in [0.05, 0.1) is 6.54 Å². The molecule has 0 aliphatic heterocycles. The fourth-order valence-electron chi connectivity index (χ4n) is 0.778. The Morgan fingerprint density at radius 3 is 3.23 bits per heavy atom. The lowest BCUT2D eigenvalue weighted by atomic mass is 10.6. The molecule has 70 valence electrons. The summed E-state index contributed by atoms with van der Waals surface area (Å²) in [6, 6.07) is 0. The van der Waals surface area contributed by atoms with E-state index in [-0.39, 0.29) is 0 Å². The normalized spacial score (nSPS) is 9.85. The Bertz CT molecular complexity index is 289. The fraction of sp³-hybridized carbons (Fsp3) is 0.500. The number of nitrogens with one attached hydrogen (secondary N) is 1. The van der Waals surface area contributed by atoms with Gasteiger partial charge in [0.1, 0.15) is 6.33 Å². The van der Waals surface area contributed by atoms with Crippen molar-refractivity contribution in [1.29, 1.82) is 0 Å². The lowest BCUT2D eigenvalue weighted by Gasteiger charge is -2.00. The molecule has 1 N–H and O–H groups in total. The van der Waals surface area contributed by atoms with Crippen molar-refractivity contribution in [2.45, 2.75) is 5.16 Å². The topological polar surface area (TPSA) is 42.7 Å². The van der Waals surface area contributed by atoms with Crippen LogP contribution in [0.25, 0.3) is 0 Å². The molecule has 1 rings (SSSR count). The van der Waals surface area contributed by atoms with E-state index in [0.29, 0.717) is 6.54 Å². The fourth-order valence-corrected chi connectivity index (χ4v) is 1.56. The first-order valence-corrected chi connectivity index (χ1v) is 4.94. The van der Waals surface area contributed by atoms with Gasteiger partial charge in [-0.15, -0.1) is 16.6 Å². The molecule has 0 atom stereocenters. The van der Waals surface area contributed by atoms with Crippen molar-refractivity contribution in [3.63, 3.8) is 0 Å². The van der Waals surface area contributed by atoms with Crippen molar-refractivity contribution >= 4 is 11.8 Å². The Hall–Kier alpha value is -0.990. The van der Waals surface area contributed by atoms with Gasteiger partial charge in [-0.1, -0.05) is 17.7 Å². The van der Waals surface area contributed by atoms with Crippen molar-refractivity contribution in [1.82, 2.24) is 20.1 Å². The Kier molecular flexibility index (Phi) is 4.36. The summed E-state index contributed by atoms with van der Waals surface area (Å²) in [5.74, 6) is 3.47. The van der Waals surface area contributed by atoms with Crippen LogP contribution in [-0.2, 0) is 7.05 Å². The van der Waals surface area contributed by atoms with Gasteiger partial charge in [-0.25, -0.2) is 0 Å². The van der Waals surface area contributed by atoms with Gasteiger partial charge in [-0.2, -0.15) is 0 Å². The van der Waals surface area contributed by atoms with Crippen molar-refractivity contribution in [2.24, 2.45) is 7.05 Å². The van der Waals surface area contributed by atoms with E-state index in [2.05, 4.69) is 21.4 Å². The quantitative estimate of drug-likeness (QED) is 0.413. The van der Waals surface area contributed by atoms with Crippen LogP contribution in [0.4, 0.5) is 0 Å². The molecule has 0 aliphatic rings. The predicted molar refractivity (Wildman–Crippen MR) is 53.4 cm³/mol. The van der Waals surface area contributed by atoms with E-state index in [1.54, 1.807) is 18.1 Å². The summed E-state index contributed by atoms with van der Waals surface area (Å²) in [6.45, 7) is 1.51. The van der Waals surface area contributed by atoms with E-state index in [9.17, 15) is 0 Å². The molecular formula is C8H12N4S. The molecule has 0 bridgehead atoms. The van der Waals surface area contributed by atoms with E-state index in [0.717, 1.165) is 17.5 Å². The van der Waals surface area contributed by atoms with Crippen LogP contribution in [0.3, 0.4) is 0 Å². The number of aromatic nitrogens is 3. The lowest BCUT2D eigenvalue weighted by molar-refractivity contribution is 0.780. The van der Waals surface area contributed by atoms with Gasteiger partial charge in [-0.05, 0) is 0 Å². The zero-order chi connectivity index (χ0) is 9.52. The molecular weight excluding hydrogens is 184 g/mol. The average Bonchev–Trinajstić information content (AvgIpc) is 2.52. The first-order valence-electron chi connectivity index (χ1n) is 3.95. The summed E-state index contributed by atoms with van der Waals surface area (Å²) in [7, 11) is 1.93. The van der Waals surface area contributed by atoms with Crippen LogP contribution in [0.1, 0.15) is 0 Å². The Morgan fingerprint density at radius 1 is 1.77 bits per heavy atom. The van der Waals surface area contributed by atoms with Crippen LogP contribution >= 0.6 is 11.8 Å². The number of thioether (sulfide) groups is 1. The van der Waals surface area contributed by atoms with Crippen LogP contribution in [-0.4, -0.2) is 33.6 Å². The molecule has 0 saturated heterocycles. The second-order valence-corrected chi connectivity index (χ2v) is 3.52. The van der Waals surface area contributed by atoms with Gasteiger partial charge in [0.25, 0.3) is 0 Å². The van der Waals surface area contributed by atoms with E-state index >= 15 is 0 Å². The number of aryl methyl sites for hydroxylation is 1. The summed E-state index contributed by atoms with van der Waals surface area (Å²) in [6.07, 6.45) is 6.78. The van der Waals surface area contributed by atoms with Crippen LogP contribution < -0.4 is 5.32 Å². The monoisotopic (exact) mass is 196 g/mol. The Balaban J connectivity index is 2.14. The van der Waals surface area contributed by atoms with Crippen LogP contribution in [0.2, 0.25) is 0 Å². The highest BCUT2D eigenvalue weighted by atomic mass is 32.2. The molecule has 1 aromatic rings. The summed E-state index contributed by atoms with van der Waals surface area (Å²) < 4.78 is 1.89. The number of terminal acetylenes is 1. The second kappa shape index (κ2) is 5.62. The van der Waals surface area contributed by atoms with E-state index in [1.807, 2.05) is 11.6 Å². The Labute approximate surface area is 82.1 Å². The molecule has 0 amide bonds. The smallest absolute Gasteiger partial charge is 0.190 e. The number of rotatable bonds is 5. The van der Waals surface area contributed by atoms with Crippen molar-refractivity contribution in [3.05, 3.63) is 6.33 Å². The van der Waals surface area contributed by atoms with Crippen LogP contribution in [0.5, 0.6) is 0 Å². The summed E-state index contributed by atoms with van der Waals surface area (Å²) in [4.78, 5) is 0. The maximum atomic E-state index is 5.08. The molecule has 1 heterocycles. The average molecular weight is 196 g/mol. The molecule has 0 saturated carbocycles. The minimum absolute atomic E-state index is 0.624. The third-order valence-corrected chi connectivity index (χ3v) is 2.44. The summed E-state index contributed by atoms with van der Waals surface area (Å²) in [5.41, 5.74) is 0. The minimum atomic E-state index is 0.624. The third kappa shape index (κ3) is 3.49. The highest BCUT2D eigenvalue weighted by Gasteiger charge is 1.99. The zero-order valence-electron chi connectivity index (χ0n) is 7.53. The number of hydrogen-bond acceptors (Lipinski definition) is 4.